The maximum absolute atomic E-state index is 10.4. The van der Waals surface area contributed by atoms with Crippen LogP contribution in [0.15, 0.2) is 12.7 Å². The van der Waals surface area contributed by atoms with Gasteiger partial charge >= 0.3 is 0 Å². The van der Waals surface area contributed by atoms with Crippen LogP contribution in [0, 0.1) is 0 Å². The fraction of sp³-hybridized carbons (Fsp3) is 0.700. The van der Waals surface area contributed by atoms with Gasteiger partial charge in [-0.25, -0.2) is 0 Å². The van der Waals surface area contributed by atoms with Gasteiger partial charge in [0, 0.05) is 6.04 Å². The first-order valence-corrected chi connectivity index (χ1v) is 4.80. The predicted octanol–water partition coefficient (Wildman–Crippen LogP) is -0.315. The van der Waals surface area contributed by atoms with Gasteiger partial charge in [0.2, 0.25) is 5.91 Å². The normalized spacial score (nSPS) is 9.13. The van der Waals surface area contributed by atoms with Crippen LogP contribution in [0.2, 0.25) is 0 Å². The molecule has 0 aliphatic heterocycles. The molecular formula is C10H21NO4. The summed E-state index contributed by atoms with van der Waals surface area (Å²) in [6.07, 6.45) is 1.26. The van der Waals surface area contributed by atoms with E-state index in [1.807, 2.05) is 13.8 Å². The predicted molar refractivity (Wildman–Crippen MR) is 58.5 cm³/mol. The molecule has 90 valence electrons. The van der Waals surface area contributed by atoms with Gasteiger partial charge in [0.15, 0.2) is 0 Å². The Morgan fingerprint density at radius 1 is 1.40 bits per heavy atom. The monoisotopic (exact) mass is 219 g/mol. The van der Waals surface area contributed by atoms with E-state index in [1.54, 1.807) is 0 Å². The molecule has 0 spiro atoms. The number of amides is 1. The van der Waals surface area contributed by atoms with Crippen LogP contribution in [0.25, 0.3) is 0 Å². The van der Waals surface area contributed by atoms with E-state index >= 15 is 0 Å². The zero-order valence-corrected chi connectivity index (χ0v) is 9.40. The smallest absolute Gasteiger partial charge is 0.243 e. The lowest BCUT2D eigenvalue weighted by Gasteiger charge is -2.02. The molecule has 0 atom stereocenters. The first-order chi connectivity index (χ1) is 7.08. The third-order valence-corrected chi connectivity index (χ3v) is 1.09. The van der Waals surface area contributed by atoms with Crippen molar-refractivity contribution in [3.05, 3.63) is 12.7 Å². The van der Waals surface area contributed by atoms with E-state index in [9.17, 15) is 4.79 Å². The van der Waals surface area contributed by atoms with E-state index in [1.165, 1.54) is 6.08 Å². The Kier molecular flexibility index (Phi) is 14.4. The molecule has 0 saturated heterocycles. The third kappa shape index (κ3) is 19.5. The number of nitrogens with one attached hydrogen (secondary N) is 1. The minimum absolute atomic E-state index is 0.0278. The van der Waals surface area contributed by atoms with E-state index in [2.05, 4.69) is 16.6 Å². The molecule has 15 heavy (non-hydrogen) atoms. The molecule has 0 fully saturated rings. The number of ether oxygens (including phenoxy) is 1. The van der Waals surface area contributed by atoms with Gasteiger partial charge in [-0.3, -0.25) is 4.79 Å². The van der Waals surface area contributed by atoms with Crippen LogP contribution < -0.4 is 5.32 Å². The van der Waals surface area contributed by atoms with Gasteiger partial charge in [-0.15, -0.1) is 0 Å². The number of rotatable bonds is 6. The van der Waals surface area contributed by atoms with Crippen molar-refractivity contribution in [2.45, 2.75) is 19.9 Å². The van der Waals surface area contributed by atoms with Crippen molar-refractivity contribution in [1.29, 1.82) is 0 Å². The quantitative estimate of drug-likeness (QED) is 0.423. The van der Waals surface area contributed by atoms with Crippen molar-refractivity contribution in [3.8, 4) is 0 Å². The summed E-state index contributed by atoms with van der Waals surface area (Å²) >= 11 is 0. The summed E-state index contributed by atoms with van der Waals surface area (Å²) in [5.41, 5.74) is 0. The Balaban J connectivity index is 0. The van der Waals surface area contributed by atoms with Crippen LogP contribution in [-0.2, 0) is 9.53 Å². The van der Waals surface area contributed by atoms with Gasteiger partial charge in [-0.2, -0.15) is 0 Å². The molecule has 3 N–H and O–H groups in total. The zero-order valence-electron chi connectivity index (χ0n) is 9.40. The van der Waals surface area contributed by atoms with Crippen molar-refractivity contribution in [2.24, 2.45) is 0 Å². The molecule has 0 heterocycles. The number of hydrogen-bond donors (Lipinski definition) is 3. The van der Waals surface area contributed by atoms with Crippen molar-refractivity contribution in [1.82, 2.24) is 5.32 Å². The molecule has 0 aromatic heterocycles. The Bertz CT molecular complexity index is 156. The molecule has 0 rings (SSSR count). The third-order valence-electron chi connectivity index (χ3n) is 1.09. The van der Waals surface area contributed by atoms with E-state index in [4.69, 9.17) is 10.2 Å². The highest BCUT2D eigenvalue weighted by atomic mass is 16.5. The average Bonchev–Trinajstić information content (AvgIpc) is 2.18. The second-order valence-corrected chi connectivity index (χ2v) is 2.93. The molecule has 0 aliphatic carbocycles. The van der Waals surface area contributed by atoms with Gasteiger partial charge in [0.05, 0.1) is 26.4 Å². The van der Waals surface area contributed by atoms with Crippen molar-refractivity contribution >= 4 is 5.91 Å². The molecule has 5 heteroatoms. The second kappa shape index (κ2) is 13.1. The number of carbonyl (C=O) groups is 1. The molecule has 0 aliphatic rings. The average molecular weight is 219 g/mol. The lowest BCUT2D eigenvalue weighted by molar-refractivity contribution is -0.116. The van der Waals surface area contributed by atoms with Crippen molar-refractivity contribution in [2.75, 3.05) is 26.4 Å². The number of hydrogen-bond acceptors (Lipinski definition) is 4. The van der Waals surface area contributed by atoms with Crippen LogP contribution in [0.4, 0.5) is 0 Å². The van der Waals surface area contributed by atoms with E-state index < -0.39 is 0 Å². The maximum Gasteiger partial charge on any atom is 0.243 e. The number of carbonyl (C=O) groups excluding carboxylic acids is 1. The Morgan fingerprint density at radius 3 is 2.07 bits per heavy atom. The molecule has 0 unspecified atom stereocenters. The SMILES string of the molecule is C=CC(=O)NC(C)C.OCCOCCO. The fourth-order valence-electron chi connectivity index (χ4n) is 0.575. The highest BCUT2D eigenvalue weighted by Gasteiger charge is 1.93. The Labute approximate surface area is 90.8 Å². The summed E-state index contributed by atoms with van der Waals surface area (Å²) in [4.78, 5) is 10.4. The second-order valence-electron chi connectivity index (χ2n) is 2.93. The van der Waals surface area contributed by atoms with Gasteiger partial charge in [0.25, 0.3) is 0 Å². The molecule has 1 amide bonds. The topological polar surface area (TPSA) is 78.8 Å². The molecule has 5 nitrogen and oxygen atoms in total. The molecular weight excluding hydrogens is 198 g/mol. The van der Waals surface area contributed by atoms with Crippen LogP contribution in [0.3, 0.4) is 0 Å². The highest BCUT2D eigenvalue weighted by Crippen LogP contribution is 1.75. The van der Waals surface area contributed by atoms with Gasteiger partial charge in [-0.1, -0.05) is 6.58 Å². The van der Waals surface area contributed by atoms with E-state index in [-0.39, 0.29) is 25.2 Å². The van der Waals surface area contributed by atoms with Crippen LogP contribution in [0.1, 0.15) is 13.8 Å². The molecule has 0 aromatic rings. The fourth-order valence-corrected chi connectivity index (χ4v) is 0.575. The van der Waals surface area contributed by atoms with Gasteiger partial charge in [-0.05, 0) is 19.9 Å². The van der Waals surface area contributed by atoms with Crippen molar-refractivity contribution in [3.63, 3.8) is 0 Å². The molecule has 0 aromatic carbocycles. The lowest BCUT2D eigenvalue weighted by atomic mass is 10.4. The van der Waals surface area contributed by atoms with E-state index in [0.717, 1.165) is 0 Å². The van der Waals surface area contributed by atoms with Gasteiger partial charge < -0.3 is 20.3 Å². The number of aliphatic hydroxyl groups excluding tert-OH is 2. The van der Waals surface area contributed by atoms with E-state index in [0.29, 0.717) is 13.2 Å². The summed E-state index contributed by atoms with van der Waals surface area (Å²) < 4.78 is 4.63. The summed E-state index contributed by atoms with van der Waals surface area (Å²) in [6.45, 7) is 7.81. The summed E-state index contributed by atoms with van der Waals surface area (Å²) in [6, 6.07) is 0.209. The van der Waals surface area contributed by atoms with Gasteiger partial charge in [0.1, 0.15) is 0 Å². The zero-order chi connectivity index (χ0) is 12.1. The standard InChI is InChI=1S/C6H11NO.C4H10O3/c1-4-6(8)7-5(2)3;5-1-3-7-4-2-6/h4-5H,1H2,2-3H3,(H,7,8);5-6H,1-4H2. The molecule has 0 bridgehead atoms. The first-order valence-electron chi connectivity index (χ1n) is 4.80. The van der Waals surface area contributed by atoms with Crippen LogP contribution >= 0.6 is 0 Å². The van der Waals surface area contributed by atoms with Crippen molar-refractivity contribution < 1.29 is 19.7 Å². The summed E-state index contributed by atoms with van der Waals surface area (Å²) in [7, 11) is 0. The maximum atomic E-state index is 10.4. The number of aliphatic hydroxyl groups is 2. The summed E-state index contributed by atoms with van der Waals surface area (Å²) in [5, 5.41) is 18.8. The Morgan fingerprint density at radius 2 is 1.87 bits per heavy atom. The first kappa shape index (κ1) is 16.5. The molecule has 0 saturated carbocycles. The Hall–Kier alpha value is -0.910. The van der Waals surface area contributed by atoms with Crippen LogP contribution in [-0.4, -0.2) is 48.6 Å². The molecule has 0 radical (unpaired) electrons. The van der Waals surface area contributed by atoms with Crippen LogP contribution in [0.5, 0.6) is 0 Å². The highest BCUT2D eigenvalue weighted by molar-refractivity contribution is 5.86. The minimum atomic E-state index is -0.111. The lowest BCUT2D eigenvalue weighted by Crippen LogP contribution is -2.27. The largest absolute Gasteiger partial charge is 0.394 e. The minimum Gasteiger partial charge on any atom is -0.394 e. The summed E-state index contributed by atoms with van der Waals surface area (Å²) in [5.74, 6) is -0.111.